The Bertz CT molecular complexity index is 558. The highest BCUT2D eigenvalue weighted by Gasteiger charge is 2.26. The summed E-state index contributed by atoms with van der Waals surface area (Å²) in [6.07, 6.45) is 5.34. The van der Waals surface area contributed by atoms with E-state index in [0.717, 1.165) is 39.0 Å². The van der Waals surface area contributed by atoms with Crippen LogP contribution >= 0.6 is 0 Å². The number of hydrogen-bond acceptors (Lipinski definition) is 3. The average molecular weight is 329 g/mol. The van der Waals surface area contributed by atoms with Gasteiger partial charge in [0, 0.05) is 37.8 Å². The summed E-state index contributed by atoms with van der Waals surface area (Å²) in [6, 6.07) is 9.18. The second kappa shape index (κ2) is 8.02. The molecule has 0 spiro atoms. The normalized spacial score (nSPS) is 23.9. The molecule has 0 bridgehead atoms. The lowest BCUT2D eigenvalue weighted by molar-refractivity contribution is -0.132. The molecular formula is C20H31N3O. The summed E-state index contributed by atoms with van der Waals surface area (Å²) >= 11 is 0. The maximum atomic E-state index is 12.7. The number of likely N-dealkylation sites (tertiary alicyclic amines) is 1. The summed E-state index contributed by atoms with van der Waals surface area (Å²) in [4.78, 5) is 17.2. The third-order valence-electron chi connectivity index (χ3n) is 5.60. The molecule has 1 aromatic carbocycles. The quantitative estimate of drug-likeness (QED) is 0.902. The third kappa shape index (κ3) is 3.92. The fourth-order valence-electron chi connectivity index (χ4n) is 4.22. The first-order chi connectivity index (χ1) is 11.7. The fourth-order valence-corrected chi connectivity index (χ4v) is 4.22. The van der Waals surface area contributed by atoms with Crippen molar-refractivity contribution in [2.75, 3.05) is 38.1 Å². The van der Waals surface area contributed by atoms with Gasteiger partial charge in [0.25, 0.3) is 0 Å². The van der Waals surface area contributed by atoms with Gasteiger partial charge in [-0.3, -0.25) is 4.79 Å². The van der Waals surface area contributed by atoms with E-state index in [9.17, 15) is 4.79 Å². The number of anilines is 1. The van der Waals surface area contributed by atoms with Crippen LogP contribution in [0, 0.1) is 5.92 Å². The van der Waals surface area contributed by atoms with E-state index in [1.165, 1.54) is 24.1 Å². The van der Waals surface area contributed by atoms with Gasteiger partial charge in [-0.1, -0.05) is 18.2 Å². The zero-order valence-electron chi connectivity index (χ0n) is 15.1. The first-order valence-corrected chi connectivity index (χ1v) is 9.46. The van der Waals surface area contributed by atoms with Crippen LogP contribution < -0.4 is 10.2 Å². The second-order valence-electron chi connectivity index (χ2n) is 7.37. The Morgan fingerprint density at radius 3 is 2.96 bits per heavy atom. The van der Waals surface area contributed by atoms with Gasteiger partial charge in [-0.25, -0.2) is 0 Å². The van der Waals surface area contributed by atoms with E-state index in [1.54, 1.807) is 0 Å². The molecule has 0 unspecified atom stereocenters. The van der Waals surface area contributed by atoms with Crippen LogP contribution in [0.2, 0.25) is 0 Å². The molecule has 2 heterocycles. The molecular weight excluding hydrogens is 298 g/mol. The number of carbonyl (C=O) groups is 1. The van der Waals surface area contributed by atoms with Crippen molar-refractivity contribution in [2.45, 2.75) is 45.1 Å². The van der Waals surface area contributed by atoms with E-state index in [-0.39, 0.29) is 0 Å². The Kier molecular flexibility index (Phi) is 5.77. The predicted molar refractivity (Wildman–Crippen MR) is 99.4 cm³/mol. The van der Waals surface area contributed by atoms with Crippen LogP contribution in [-0.2, 0) is 11.2 Å². The zero-order valence-corrected chi connectivity index (χ0v) is 15.1. The molecule has 0 saturated carbocycles. The van der Waals surface area contributed by atoms with Crippen molar-refractivity contribution in [2.24, 2.45) is 5.92 Å². The minimum absolute atomic E-state index is 0.325. The molecule has 3 rings (SSSR count). The van der Waals surface area contributed by atoms with E-state index in [0.29, 0.717) is 24.3 Å². The lowest BCUT2D eigenvalue weighted by Crippen LogP contribution is -2.44. The highest BCUT2D eigenvalue weighted by molar-refractivity contribution is 5.77. The SMILES string of the molecule is CNC[C@H]1CCCN(C(=O)CCN2c3ccccc3CC[C@@H]2C)C1. The number of aryl methyl sites for hydroxylation is 1. The molecule has 0 radical (unpaired) electrons. The number of nitrogens with one attached hydrogen (secondary N) is 1. The summed E-state index contributed by atoms with van der Waals surface area (Å²) < 4.78 is 0. The maximum Gasteiger partial charge on any atom is 0.224 e. The fraction of sp³-hybridized carbons (Fsp3) is 0.650. The molecule has 24 heavy (non-hydrogen) atoms. The molecule has 1 amide bonds. The lowest BCUT2D eigenvalue weighted by atomic mass is 9.96. The Hall–Kier alpha value is -1.55. The molecule has 1 N–H and O–H groups in total. The van der Waals surface area contributed by atoms with Crippen molar-refractivity contribution in [3.8, 4) is 0 Å². The largest absolute Gasteiger partial charge is 0.368 e. The zero-order chi connectivity index (χ0) is 16.9. The van der Waals surface area contributed by atoms with Crippen molar-refractivity contribution < 1.29 is 4.79 Å². The first kappa shape index (κ1) is 17.3. The number of rotatable bonds is 5. The van der Waals surface area contributed by atoms with Gasteiger partial charge in [0.2, 0.25) is 5.91 Å². The van der Waals surface area contributed by atoms with E-state index in [4.69, 9.17) is 0 Å². The van der Waals surface area contributed by atoms with Crippen LogP contribution in [0.3, 0.4) is 0 Å². The van der Waals surface area contributed by atoms with Crippen molar-refractivity contribution in [1.29, 1.82) is 0 Å². The van der Waals surface area contributed by atoms with E-state index < -0.39 is 0 Å². The topological polar surface area (TPSA) is 35.6 Å². The Morgan fingerprint density at radius 1 is 1.29 bits per heavy atom. The van der Waals surface area contributed by atoms with Crippen LogP contribution in [0.1, 0.15) is 38.2 Å². The van der Waals surface area contributed by atoms with Crippen molar-refractivity contribution >= 4 is 11.6 Å². The van der Waals surface area contributed by atoms with Crippen molar-refractivity contribution in [3.63, 3.8) is 0 Å². The number of piperidine rings is 1. The summed E-state index contributed by atoms with van der Waals surface area (Å²) in [6.45, 7) is 5.99. The van der Waals surface area contributed by atoms with Gasteiger partial charge >= 0.3 is 0 Å². The molecule has 0 aliphatic carbocycles. The smallest absolute Gasteiger partial charge is 0.224 e. The van der Waals surface area contributed by atoms with Gasteiger partial charge in [0.1, 0.15) is 0 Å². The van der Waals surface area contributed by atoms with E-state index in [1.807, 2.05) is 7.05 Å². The van der Waals surface area contributed by atoms with Crippen molar-refractivity contribution in [1.82, 2.24) is 10.2 Å². The van der Waals surface area contributed by atoms with Crippen LogP contribution in [0.5, 0.6) is 0 Å². The molecule has 1 aromatic rings. The highest BCUT2D eigenvalue weighted by Crippen LogP contribution is 2.30. The lowest BCUT2D eigenvalue weighted by Gasteiger charge is -2.38. The number of carbonyl (C=O) groups excluding carboxylic acids is 1. The molecule has 2 aliphatic heterocycles. The number of hydrogen-bond donors (Lipinski definition) is 1. The summed E-state index contributed by atoms with van der Waals surface area (Å²) in [5.74, 6) is 0.938. The molecule has 0 aromatic heterocycles. The van der Waals surface area contributed by atoms with E-state index in [2.05, 4.69) is 46.3 Å². The Labute approximate surface area is 146 Å². The highest BCUT2D eigenvalue weighted by atomic mass is 16.2. The van der Waals surface area contributed by atoms with Crippen LogP contribution in [0.15, 0.2) is 24.3 Å². The van der Waals surface area contributed by atoms with Crippen LogP contribution in [-0.4, -0.2) is 50.1 Å². The summed E-state index contributed by atoms with van der Waals surface area (Å²) in [7, 11) is 2.00. The van der Waals surface area contributed by atoms with Gasteiger partial charge in [0.15, 0.2) is 0 Å². The number of nitrogens with zero attached hydrogens (tertiary/aromatic N) is 2. The van der Waals surface area contributed by atoms with Gasteiger partial charge in [0.05, 0.1) is 0 Å². The number of amides is 1. The Balaban J connectivity index is 1.58. The van der Waals surface area contributed by atoms with Crippen molar-refractivity contribution in [3.05, 3.63) is 29.8 Å². The van der Waals surface area contributed by atoms with Crippen LogP contribution in [0.25, 0.3) is 0 Å². The summed E-state index contributed by atoms with van der Waals surface area (Å²) in [5.41, 5.74) is 2.76. The molecule has 4 heteroatoms. The molecule has 132 valence electrons. The maximum absolute atomic E-state index is 12.7. The van der Waals surface area contributed by atoms with Gasteiger partial charge in [-0.2, -0.15) is 0 Å². The number of benzene rings is 1. The monoisotopic (exact) mass is 329 g/mol. The minimum Gasteiger partial charge on any atom is -0.368 e. The second-order valence-corrected chi connectivity index (χ2v) is 7.37. The average Bonchev–Trinajstić information content (AvgIpc) is 2.61. The first-order valence-electron chi connectivity index (χ1n) is 9.46. The molecule has 1 saturated heterocycles. The molecule has 4 nitrogen and oxygen atoms in total. The van der Waals surface area contributed by atoms with Gasteiger partial charge in [-0.15, -0.1) is 0 Å². The van der Waals surface area contributed by atoms with Crippen LogP contribution in [0.4, 0.5) is 5.69 Å². The number of fused-ring (bicyclic) bond motifs is 1. The molecule has 1 fully saturated rings. The van der Waals surface area contributed by atoms with Gasteiger partial charge in [-0.05, 0) is 63.7 Å². The summed E-state index contributed by atoms with van der Waals surface area (Å²) in [5, 5.41) is 3.25. The van der Waals surface area contributed by atoms with Gasteiger partial charge < -0.3 is 15.1 Å². The predicted octanol–water partition coefficient (Wildman–Crippen LogP) is 2.68. The minimum atomic E-state index is 0.325. The third-order valence-corrected chi connectivity index (χ3v) is 5.60. The van der Waals surface area contributed by atoms with E-state index >= 15 is 0 Å². The number of para-hydroxylation sites is 1. The standard InChI is InChI=1S/C20H31N3O/c1-16-9-10-18-7-3-4-8-19(18)23(16)13-11-20(24)22-12-5-6-17(15-22)14-21-2/h3-4,7-8,16-17,21H,5-6,9-15H2,1-2H3/t16-,17+/m0/s1. The molecule has 2 atom stereocenters. The Morgan fingerprint density at radius 2 is 2.12 bits per heavy atom. The molecule has 2 aliphatic rings.